The Kier molecular flexibility index (Phi) is 9.45. The van der Waals surface area contributed by atoms with E-state index in [4.69, 9.17) is 17.2 Å². The van der Waals surface area contributed by atoms with Crippen molar-refractivity contribution in [2.24, 2.45) is 0 Å². The van der Waals surface area contributed by atoms with Gasteiger partial charge in [-0.3, -0.25) is 10.1 Å². The molecular weight excluding hydrogens is 400 g/mol. The lowest BCUT2D eigenvalue weighted by Gasteiger charge is -2.07. The molecule has 6 N–H and O–H groups in total. The molecule has 0 saturated heterocycles. The molecule has 6 nitrogen and oxygen atoms in total. The minimum atomic E-state index is -0.470. The van der Waals surface area contributed by atoms with Crippen LogP contribution in [0.5, 0.6) is 0 Å². The van der Waals surface area contributed by atoms with Gasteiger partial charge in [-0.2, -0.15) is 0 Å². The zero-order valence-corrected chi connectivity index (χ0v) is 16.2. The predicted octanol–water partition coefficient (Wildman–Crippen LogP) is 6.63. The van der Waals surface area contributed by atoms with Gasteiger partial charge in [-0.1, -0.05) is 99.8 Å². The first-order valence-corrected chi connectivity index (χ1v) is 9.26. The monoisotopic (exact) mass is 430 g/mol. The highest BCUT2D eigenvalue weighted by atomic mass is 16.6. The first-order valence-electron chi connectivity index (χ1n) is 9.26. The quantitative estimate of drug-likeness (QED) is 0.191. The van der Waals surface area contributed by atoms with Crippen LogP contribution in [0.15, 0.2) is 97.1 Å². The van der Waals surface area contributed by atoms with E-state index in [-0.39, 0.29) is 26.2 Å². The fourth-order valence-corrected chi connectivity index (χ4v) is 3.03. The molecule has 0 aliphatic heterocycles. The van der Waals surface area contributed by atoms with Gasteiger partial charge >= 0.3 is 0 Å². The van der Waals surface area contributed by atoms with Crippen molar-refractivity contribution in [2.45, 2.75) is 14.9 Å². The highest BCUT2D eigenvalue weighted by molar-refractivity contribution is 5.84. The van der Waals surface area contributed by atoms with E-state index in [1.807, 2.05) is 78.9 Å². The van der Waals surface area contributed by atoms with Gasteiger partial charge in [-0.05, 0) is 17.2 Å². The Morgan fingerprint density at radius 1 is 0.562 bits per heavy atom. The largest absolute Gasteiger partial charge is 0.397 e. The van der Waals surface area contributed by atoms with Crippen LogP contribution in [0.1, 0.15) is 14.9 Å². The number of benzene rings is 4. The lowest BCUT2D eigenvalue weighted by atomic mass is 10.0. The van der Waals surface area contributed by atoms with Crippen LogP contribution in [0, 0.1) is 10.1 Å². The van der Waals surface area contributed by atoms with Gasteiger partial charge in [0.05, 0.1) is 16.3 Å². The zero-order valence-electron chi connectivity index (χ0n) is 16.2. The molecule has 0 unspecified atom stereocenters. The van der Waals surface area contributed by atoms with E-state index < -0.39 is 4.92 Å². The van der Waals surface area contributed by atoms with Crippen LogP contribution in [0.2, 0.25) is 0 Å². The van der Waals surface area contributed by atoms with Gasteiger partial charge in [0.25, 0.3) is 5.69 Å². The summed E-state index contributed by atoms with van der Waals surface area (Å²) < 4.78 is 0. The van der Waals surface area contributed by atoms with Crippen LogP contribution in [0.4, 0.5) is 22.7 Å². The van der Waals surface area contributed by atoms with Gasteiger partial charge in [0, 0.05) is 17.2 Å². The van der Waals surface area contributed by atoms with Crippen molar-refractivity contribution in [3.63, 3.8) is 0 Å². The van der Waals surface area contributed by atoms with Crippen LogP contribution in [0.3, 0.4) is 0 Å². The van der Waals surface area contributed by atoms with Crippen molar-refractivity contribution in [2.75, 3.05) is 17.2 Å². The SMILES string of the molecule is C.C.Nc1c(-c2ccccc2)cccc1[N+](=O)[O-].Nc1cccc(-c2ccccc2)c1N. The molecule has 0 amide bonds. The summed E-state index contributed by atoms with van der Waals surface area (Å²) in [6.45, 7) is 0. The Morgan fingerprint density at radius 3 is 1.47 bits per heavy atom. The third kappa shape index (κ3) is 5.86. The van der Waals surface area contributed by atoms with Crippen molar-refractivity contribution in [3.8, 4) is 22.3 Å². The number of hydrogen-bond acceptors (Lipinski definition) is 5. The molecule has 6 heteroatoms. The average molecular weight is 431 g/mol. The van der Waals surface area contributed by atoms with E-state index in [1.54, 1.807) is 12.1 Å². The Morgan fingerprint density at radius 2 is 1.00 bits per heavy atom. The first kappa shape index (κ1) is 25.7. The lowest BCUT2D eigenvalue weighted by molar-refractivity contribution is -0.383. The highest BCUT2D eigenvalue weighted by Crippen LogP contribution is 2.32. The van der Waals surface area contributed by atoms with Gasteiger partial charge < -0.3 is 17.2 Å². The Hall–Kier alpha value is -4.32. The number of para-hydroxylation sites is 2. The maximum atomic E-state index is 10.7. The number of anilines is 3. The minimum absolute atomic E-state index is 0. The molecule has 0 fully saturated rings. The fourth-order valence-electron chi connectivity index (χ4n) is 3.03. The van der Waals surface area contributed by atoms with E-state index in [1.165, 1.54) is 6.07 Å². The minimum Gasteiger partial charge on any atom is -0.397 e. The molecule has 0 saturated carbocycles. The normalized spacial score (nSPS) is 9.38. The Labute approximate surface area is 189 Å². The number of nitrogens with two attached hydrogens (primary N) is 3. The van der Waals surface area contributed by atoms with Crippen molar-refractivity contribution in [1.82, 2.24) is 0 Å². The molecule has 0 bridgehead atoms. The topological polar surface area (TPSA) is 121 Å². The number of rotatable bonds is 3. The van der Waals surface area contributed by atoms with Crippen LogP contribution in [-0.2, 0) is 0 Å². The molecule has 166 valence electrons. The van der Waals surface area contributed by atoms with Crippen LogP contribution in [0.25, 0.3) is 22.3 Å². The van der Waals surface area contributed by atoms with E-state index in [9.17, 15) is 10.1 Å². The van der Waals surface area contributed by atoms with Gasteiger partial charge in [0.2, 0.25) is 0 Å². The fraction of sp³-hybridized carbons (Fsp3) is 0.0769. The molecule has 4 aromatic carbocycles. The van der Waals surface area contributed by atoms with E-state index in [0.717, 1.165) is 16.7 Å². The molecule has 0 radical (unpaired) electrons. The summed E-state index contributed by atoms with van der Waals surface area (Å²) >= 11 is 0. The standard InChI is InChI=1S/C12H10N2O2.C12H12N2.2CH4/c13-12-10(9-5-2-1-3-6-9)7-4-8-11(12)14(15)16;13-11-8-4-7-10(12(11)14)9-5-2-1-3-6-9;;/h1-8H,13H2;1-8H,13-14H2;2*1H4. The Bertz CT molecular complexity index is 1150. The van der Waals surface area contributed by atoms with Crippen molar-refractivity contribution < 1.29 is 4.92 Å². The molecule has 4 aromatic rings. The third-order valence-electron chi connectivity index (χ3n) is 4.59. The maximum absolute atomic E-state index is 10.7. The summed E-state index contributed by atoms with van der Waals surface area (Å²) in [4.78, 5) is 10.3. The zero-order chi connectivity index (χ0) is 21.5. The first-order chi connectivity index (χ1) is 14.5. The smallest absolute Gasteiger partial charge is 0.292 e. The number of hydrogen-bond donors (Lipinski definition) is 3. The summed E-state index contributed by atoms with van der Waals surface area (Å²) in [7, 11) is 0. The summed E-state index contributed by atoms with van der Waals surface area (Å²) in [5.41, 5.74) is 22.5. The second kappa shape index (κ2) is 11.8. The average Bonchev–Trinajstić information content (AvgIpc) is 2.77. The number of nitro benzene ring substituents is 1. The molecule has 0 aliphatic rings. The van der Waals surface area contributed by atoms with Crippen molar-refractivity contribution in [3.05, 3.63) is 107 Å². The molecular formula is C26H30N4O2. The van der Waals surface area contributed by atoms with Gasteiger partial charge in [-0.25, -0.2) is 0 Å². The molecule has 0 aromatic heterocycles. The second-order valence-electron chi connectivity index (χ2n) is 6.54. The molecule has 4 rings (SSSR count). The number of nitrogens with zero attached hydrogens (tertiary/aromatic N) is 1. The van der Waals surface area contributed by atoms with Gasteiger partial charge in [-0.15, -0.1) is 0 Å². The summed E-state index contributed by atoms with van der Waals surface area (Å²) in [5.74, 6) is 0. The van der Waals surface area contributed by atoms with Crippen molar-refractivity contribution >= 4 is 22.7 Å². The highest BCUT2D eigenvalue weighted by Gasteiger charge is 2.14. The summed E-state index contributed by atoms with van der Waals surface area (Å²) in [6.07, 6.45) is 0. The van der Waals surface area contributed by atoms with Gasteiger partial charge in [0.15, 0.2) is 0 Å². The molecule has 0 atom stereocenters. The molecule has 0 heterocycles. The van der Waals surface area contributed by atoms with Crippen molar-refractivity contribution in [1.29, 1.82) is 0 Å². The van der Waals surface area contributed by atoms with Crippen LogP contribution < -0.4 is 17.2 Å². The van der Waals surface area contributed by atoms with Gasteiger partial charge in [0.1, 0.15) is 5.69 Å². The Balaban J connectivity index is 0.000000303. The van der Waals surface area contributed by atoms with Crippen LogP contribution in [-0.4, -0.2) is 4.92 Å². The maximum Gasteiger partial charge on any atom is 0.292 e. The third-order valence-corrected chi connectivity index (χ3v) is 4.59. The second-order valence-corrected chi connectivity index (χ2v) is 6.54. The molecule has 32 heavy (non-hydrogen) atoms. The van der Waals surface area contributed by atoms with E-state index >= 15 is 0 Å². The number of nitro groups is 1. The molecule has 0 spiro atoms. The lowest BCUT2D eigenvalue weighted by Crippen LogP contribution is -1.97. The van der Waals surface area contributed by atoms with E-state index in [0.29, 0.717) is 16.9 Å². The summed E-state index contributed by atoms with van der Waals surface area (Å²) in [6, 6.07) is 29.9. The summed E-state index contributed by atoms with van der Waals surface area (Å²) in [5, 5.41) is 10.7. The molecule has 0 aliphatic carbocycles. The predicted molar refractivity (Wildman–Crippen MR) is 137 cm³/mol. The number of nitrogen functional groups attached to an aromatic ring is 3. The van der Waals surface area contributed by atoms with Crippen LogP contribution >= 0.6 is 0 Å². The van der Waals surface area contributed by atoms with E-state index in [2.05, 4.69) is 0 Å².